The maximum atomic E-state index is 12.0. The van der Waals surface area contributed by atoms with Crippen LogP contribution < -0.4 is 14.5 Å². The first-order valence-corrected chi connectivity index (χ1v) is 11.1. The van der Waals surface area contributed by atoms with Gasteiger partial charge in [-0.2, -0.15) is 4.98 Å². The van der Waals surface area contributed by atoms with Crippen molar-refractivity contribution in [2.45, 2.75) is 19.8 Å². The zero-order valence-electron chi connectivity index (χ0n) is 18.5. The summed E-state index contributed by atoms with van der Waals surface area (Å²) in [7, 11) is 0. The molecule has 0 spiro atoms. The number of hydrogen-bond acceptors (Lipinski definition) is 10. The van der Waals surface area contributed by atoms with Crippen LogP contribution in [-0.2, 0) is 14.3 Å². The van der Waals surface area contributed by atoms with E-state index in [-0.39, 0.29) is 29.3 Å². The topological polar surface area (TPSA) is 120 Å². The maximum Gasteiger partial charge on any atom is 0.373 e. The Balaban J connectivity index is 1.53. The van der Waals surface area contributed by atoms with E-state index in [0.29, 0.717) is 51.5 Å². The van der Waals surface area contributed by atoms with Crippen LogP contribution in [0, 0.1) is 16.0 Å². The minimum atomic E-state index is -0.520. The molecule has 1 aromatic heterocycles. The highest BCUT2D eigenvalue weighted by molar-refractivity contribution is 5.73. The summed E-state index contributed by atoms with van der Waals surface area (Å²) in [5.41, 5.74) is 0.664. The van der Waals surface area contributed by atoms with E-state index in [0.717, 1.165) is 18.8 Å². The van der Waals surface area contributed by atoms with Crippen LogP contribution in [0.1, 0.15) is 19.8 Å². The number of carbonyl (C=O) groups is 1. The highest BCUT2D eigenvalue weighted by Gasteiger charge is 2.33. The molecule has 2 saturated heterocycles. The van der Waals surface area contributed by atoms with Crippen molar-refractivity contribution in [3.63, 3.8) is 0 Å². The average molecular weight is 457 g/mol. The molecule has 176 valence electrons. The highest BCUT2D eigenvalue weighted by atomic mass is 16.6. The molecule has 0 unspecified atom stereocenters. The number of nitrogens with zero attached hydrogens (tertiary/aromatic N) is 5. The standard InChI is InChI=1S/C22H27N5O6/c1-2-32-22(28)16-6-8-26(9-7-16)20-19(27(29)30)21(24-15-23-20)33-18-5-3-4-17(14-18)25-10-12-31-13-11-25/h3-5,14-16H,2,6-13H2,1H3. The van der Waals surface area contributed by atoms with Crippen LogP contribution in [0.2, 0.25) is 0 Å². The smallest absolute Gasteiger partial charge is 0.373 e. The van der Waals surface area contributed by atoms with Gasteiger partial charge in [0.25, 0.3) is 0 Å². The van der Waals surface area contributed by atoms with Gasteiger partial charge in [0.15, 0.2) is 0 Å². The summed E-state index contributed by atoms with van der Waals surface area (Å²) < 4.78 is 16.4. The van der Waals surface area contributed by atoms with Crippen molar-refractivity contribution in [1.82, 2.24) is 9.97 Å². The molecule has 1 aromatic carbocycles. The third-order valence-electron chi connectivity index (χ3n) is 5.77. The lowest BCUT2D eigenvalue weighted by atomic mass is 9.97. The van der Waals surface area contributed by atoms with Gasteiger partial charge in [-0.05, 0) is 31.9 Å². The van der Waals surface area contributed by atoms with E-state index in [2.05, 4.69) is 14.9 Å². The molecular formula is C22H27N5O6. The lowest BCUT2D eigenvalue weighted by Crippen LogP contribution is -2.37. The Morgan fingerprint density at radius 3 is 2.64 bits per heavy atom. The van der Waals surface area contributed by atoms with E-state index in [1.54, 1.807) is 17.9 Å². The minimum absolute atomic E-state index is 0.114. The van der Waals surface area contributed by atoms with Gasteiger partial charge in [0.05, 0.1) is 30.7 Å². The minimum Gasteiger partial charge on any atom is -0.466 e. The first-order chi connectivity index (χ1) is 16.1. The monoisotopic (exact) mass is 457 g/mol. The molecule has 3 heterocycles. The summed E-state index contributed by atoms with van der Waals surface area (Å²) in [5.74, 6) is 0.0975. The van der Waals surface area contributed by atoms with Gasteiger partial charge < -0.3 is 24.0 Å². The summed E-state index contributed by atoms with van der Waals surface area (Å²) in [6.07, 6.45) is 2.34. The second kappa shape index (κ2) is 10.4. The van der Waals surface area contributed by atoms with Crippen LogP contribution in [0.4, 0.5) is 17.2 Å². The third kappa shape index (κ3) is 5.30. The predicted octanol–water partition coefficient (Wildman–Crippen LogP) is 2.79. The van der Waals surface area contributed by atoms with Crippen LogP contribution in [0.5, 0.6) is 11.6 Å². The Kier molecular flexibility index (Phi) is 7.18. The predicted molar refractivity (Wildman–Crippen MR) is 120 cm³/mol. The molecule has 2 fully saturated rings. The SMILES string of the molecule is CCOC(=O)C1CCN(c2ncnc(Oc3cccc(N4CCOCC4)c3)c2[N+](=O)[O-])CC1. The van der Waals surface area contributed by atoms with Crippen molar-refractivity contribution < 1.29 is 23.9 Å². The lowest BCUT2D eigenvalue weighted by molar-refractivity contribution is -0.385. The fourth-order valence-corrected chi connectivity index (χ4v) is 4.08. The normalized spacial score (nSPS) is 17.0. The van der Waals surface area contributed by atoms with E-state index < -0.39 is 4.92 Å². The number of piperidine rings is 1. The van der Waals surface area contributed by atoms with Crippen LogP contribution in [-0.4, -0.2) is 66.9 Å². The summed E-state index contributed by atoms with van der Waals surface area (Å²) >= 11 is 0. The Morgan fingerprint density at radius 1 is 1.18 bits per heavy atom. The molecule has 0 atom stereocenters. The fourth-order valence-electron chi connectivity index (χ4n) is 4.08. The molecule has 2 aliphatic heterocycles. The number of anilines is 2. The number of ether oxygens (including phenoxy) is 3. The van der Waals surface area contributed by atoms with Gasteiger partial charge in [0, 0.05) is 37.9 Å². The van der Waals surface area contributed by atoms with Crippen LogP contribution in [0.3, 0.4) is 0 Å². The first-order valence-electron chi connectivity index (χ1n) is 11.1. The van der Waals surface area contributed by atoms with E-state index in [1.165, 1.54) is 6.33 Å². The Bertz CT molecular complexity index is 989. The molecule has 0 bridgehead atoms. The Morgan fingerprint density at radius 2 is 1.94 bits per heavy atom. The van der Waals surface area contributed by atoms with Crippen molar-refractivity contribution in [3.8, 4) is 11.6 Å². The van der Waals surface area contributed by atoms with E-state index in [9.17, 15) is 14.9 Å². The molecule has 0 N–H and O–H groups in total. The Labute approximate surface area is 191 Å². The number of carbonyl (C=O) groups excluding carboxylic acids is 1. The van der Waals surface area contributed by atoms with Gasteiger partial charge in [0.1, 0.15) is 12.1 Å². The van der Waals surface area contributed by atoms with Gasteiger partial charge in [-0.15, -0.1) is 0 Å². The van der Waals surface area contributed by atoms with Gasteiger partial charge in [-0.1, -0.05) is 6.07 Å². The van der Waals surface area contributed by atoms with E-state index in [1.807, 2.05) is 18.2 Å². The third-order valence-corrected chi connectivity index (χ3v) is 5.77. The highest BCUT2D eigenvalue weighted by Crippen LogP contribution is 2.38. The molecule has 0 radical (unpaired) electrons. The number of aromatic nitrogens is 2. The lowest BCUT2D eigenvalue weighted by Gasteiger charge is -2.31. The summed E-state index contributed by atoms with van der Waals surface area (Å²) in [4.78, 5) is 35.7. The van der Waals surface area contributed by atoms with Crippen LogP contribution in [0.25, 0.3) is 0 Å². The number of esters is 1. The second-order valence-corrected chi connectivity index (χ2v) is 7.82. The van der Waals surface area contributed by atoms with Crippen molar-refractivity contribution >= 4 is 23.2 Å². The maximum absolute atomic E-state index is 12.0. The molecule has 0 aliphatic carbocycles. The number of nitro groups is 1. The number of benzene rings is 1. The Hall–Kier alpha value is -3.47. The van der Waals surface area contributed by atoms with Gasteiger partial charge in [0.2, 0.25) is 5.82 Å². The quantitative estimate of drug-likeness (QED) is 0.349. The zero-order valence-corrected chi connectivity index (χ0v) is 18.5. The van der Waals surface area contributed by atoms with Crippen molar-refractivity contribution in [3.05, 3.63) is 40.7 Å². The molecule has 0 saturated carbocycles. The average Bonchev–Trinajstić information content (AvgIpc) is 2.85. The van der Waals surface area contributed by atoms with E-state index >= 15 is 0 Å². The molecule has 2 aromatic rings. The van der Waals surface area contributed by atoms with Gasteiger partial charge in [-0.25, -0.2) is 4.98 Å². The van der Waals surface area contributed by atoms with E-state index in [4.69, 9.17) is 14.2 Å². The van der Waals surface area contributed by atoms with Crippen LogP contribution in [0.15, 0.2) is 30.6 Å². The molecule has 33 heavy (non-hydrogen) atoms. The van der Waals surface area contributed by atoms with Crippen LogP contribution >= 0.6 is 0 Å². The molecular weight excluding hydrogens is 430 g/mol. The molecule has 4 rings (SSSR count). The van der Waals surface area contributed by atoms with Crippen molar-refractivity contribution in [2.24, 2.45) is 5.92 Å². The molecule has 0 amide bonds. The van der Waals surface area contributed by atoms with Crippen molar-refractivity contribution in [2.75, 3.05) is 55.8 Å². The number of rotatable bonds is 7. The summed E-state index contributed by atoms with van der Waals surface area (Å²) in [6, 6.07) is 7.38. The first kappa shape index (κ1) is 22.7. The van der Waals surface area contributed by atoms with Crippen molar-refractivity contribution in [1.29, 1.82) is 0 Å². The molecule has 11 heteroatoms. The van der Waals surface area contributed by atoms with Gasteiger partial charge in [-0.3, -0.25) is 14.9 Å². The molecule has 11 nitrogen and oxygen atoms in total. The largest absolute Gasteiger partial charge is 0.466 e. The fraction of sp³-hybridized carbons (Fsp3) is 0.500. The number of morpholine rings is 1. The number of hydrogen-bond donors (Lipinski definition) is 0. The summed E-state index contributed by atoms with van der Waals surface area (Å²) in [6.45, 7) is 5.85. The summed E-state index contributed by atoms with van der Waals surface area (Å²) in [5, 5.41) is 12.0. The second-order valence-electron chi connectivity index (χ2n) is 7.82. The van der Waals surface area contributed by atoms with Gasteiger partial charge >= 0.3 is 17.5 Å². The molecule has 2 aliphatic rings. The zero-order chi connectivity index (χ0) is 23.2.